The highest BCUT2D eigenvalue weighted by Crippen LogP contribution is 2.14. The van der Waals surface area contributed by atoms with E-state index in [1.54, 1.807) is 12.3 Å². The third kappa shape index (κ3) is 2.93. The smallest absolute Gasteiger partial charge is 0.251 e. The minimum Gasteiger partial charge on any atom is -0.378 e. The summed E-state index contributed by atoms with van der Waals surface area (Å²) in [7, 11) is 4.01. The van der Waals surface area contributed by atoms with Gasteiger partial charge in [0.2, 0.25) is 0 Å². The second-order valence-corrected chi connectivity index (χ2v) is 5.42. The summed E-state index contributed by atoms with van der Waals surface area (Å²) in [6.45, 7) is 0.510. The molecule has 3 rings (SSSR count). The fourth-order valence-corrected chi connectivity index (χ4v) is 2.28. The van der Waals surface area contributed by atoms with Crippen LogP contribution in [0.1, 0.15) is 15.9 Å². The Labute approximate surface area is 128 Å². The Balaban J connectivity index is 1.66. The first-order valence-corrected chi connectivity index (χ1v) is 7.11. The Morgan fingerprint density at radius 2 is 1.95 bits per heavy atom. The van der Waals surface area contributed by atoms with Crippen LogP contribution in [-0.2, 0) is 6.54 Å². The first kappa shape index (κ1) is 14.1. The Kier molecular flexibility index (Phi) is 3.78. The van der Waals surface area contributed by atoms with Crippen LogP contribution in [0, 0.1) is 0 Å². The molecule has 0 radical (unpaired) electrons. The molecule has 0 atom stereocenters. The minimum atomic E-state index is -0.0835. The van der Waals surface area contributed by atoms with E-state index >= 15 is 0 Å². The van der Waals surface area contributed by atoms with Crippen molar-refractivity contribution in [3.05, 3.63) is 59.8 Å². The van der Waals surface area contributed by atoms with Crippen molar-refractivity contribution in [3.63, 3.8) is 0 Å². The monoisotopic (exact) mass is 294 g/mol. The average molecular weight is 294 g/mol. The number of fused-ring (bicyclic) bond motifs is 1. The number of rotatable bonds is 4. The molecule has 1 aromatic heterocycles. The van der Waals surface area contributed by atoms with Gasteiger partial charge in [0, 0.05) is 37.3 Å². The summed E-state index contributed by atoms with van der Waals surface area (Å²) >= 11 is 0. The van der Waals surface area contributed by atoms with E-state index in [1.165, 1.54) is 0 Å². The number of H-pyrrole nitrogens is 1. The molecule has 0 fully saturated rings. The highest BCUT2D eigenvalue weighted by atomic mass is 16.1. The third-order valence-corrected chi connectivity index (χ3v) is 3.61. The maximum absolute atomic E-state index is 12.2. The fraction of sp³-hybridized carbons (Fsp3) is 0.176. The van der Waals surface area contributed by atoms with Crippen LogP contribution < -0.4 is 10.2 Å². The van der Waals surface area contributed by atoms with Gasteiger partial charge in [-0.05, 0) is 35.9 Å². The van der Waals surface area contributed by atoms with Crippen molar-refractivity contribution in [2.75, 3.05) is 19.0 Å². The van der Waals surface area contributed by atoms with E-state index in [0.29, 0.717) is 12.1 Å². The number of carbonyl (C=O) groups excluding carboxylic acids is 1. The molecular weight excluding hydrogens is 276 g/mol. The Bertz CT molecular complexity index is 790. The Hall–Kier alpha value is -2.82. The minimum absolute atomic E-state index is 0.0835. The number of hydrogen-bond acceptors (Lipinski definition) is 3. The number of anilines is 1. The molecule has 1 heterocycles. The molecular formula is C17H18N4O. The number of benzene rings is 2. The van der Waals surface area contributed by atoms with Crippen LogP contribution in [0.4, 0.5) is 5.69 Å². The van der Waals surface area contributed by atoms with Gasteiger partial charge >= 0.3 is 0 Å². The van der Waals surface area contributed by atoms with Gasteiger partial charge in [0.05, 0.1) is 11.7 Å². The van der Waals surface area contributed by atoms with E-state index in [0.717, 1.165) is 22.2 Å². The molecule has 2 aromatic carbocycles. The summed E-state index contributed by atoms with van der Waals surface area (Å²) in [4.78, 5) is 14.3. The average Bonchev–Trinajstić information content (AvgIpc) is 3.00. The molecule has 112 valence electrons. The highest BCUT2D eigenvalue weighted by Gasteiger charge is 2.07. The quantitative estimate of drug-likeness (QED) is 0.777. The topological polar surface area (TPSA) is 61.0 Å². The first-order valence-electron chi connectivity index (χ1n) is 7.11. The lowest BCUT2D eigenvalue weighted by Gasteiger charge is -2.13. The van der Waals surface area contributed by atoms with Gasteiger partial charge in [-0.15, -0.1) is 0 Å². The van der Waals surface area contributed by atoms with Crippen LogP contribution in [-0.4, -0.2) is 30.2 Å². The molecule has 1 amide bonds. The van der Waals surface area contributed by atoms with Crippen LogP contribution >= 0.6 is 0 Å². The fourth-order valence-electron chi connectivity index (χ4n) is 2.28. The highest BCUT2D eigenvalue weighted by molar-refractivity contribution is 5.97. The molecule has 0 aliphatic heterocycles. The van der Waals surface area contributed by atoms with E-state index in [1.807, 2.05) is 55.4 Å². The normalized spacial score (nSPS) is 10.6. The molecule has 2 N–H and O–H groups in total. The van der Waals surface area contributed by atoms with Gasteiger partial charge in [0.15, 0.2) is 0 Å². The van der Waals surface area contributed by atoms with Crippen molar-refractivity contribution in [1.82, 2.24) is 15.5 Å². The van der Waals surface area contributed by atoms with Crippen molar-refractivity contribution < 1.29 is 4.79 Å². The molecule has 3 aromatic rings. The van der Waals surface area contributed by atoms with E-state index in [2.05, 4.69) is 15.5 Å². The summed E-state index contributed by atoms with van der Waals surface area (Å²) in [6, 6.07) is 13.6. The maximum atomic E-state index is 12.2. The number of hydrogen-bond donors (Lipinski definition) is 2. The second-order valence-electron chi connectivity index (χ2n) is 5.42. The lowest BCUT2D eigenvalue weighted by atomic mass is 10.1. The van der Waals surface area contributed by atoms with Crippen molar-refractivity contribution in [2.24, 2.45) is 0 Å². The largest absolute Gasteiger partial charge is 0.378 e. The van der Waals surface area contributed by atoms with E-state index < -0.39 is 0 Å². The zero-order valence-corrected chi connectivity index (χ0v) is 12.6. The molecule has 0 aliphatic carbocycles. The Morgan fingerprint density at radius 3 is 2.68 bits per heavy atom. The van der Waals surface area contributed by atoms with Crippen LogP contribution in [0.15, 0.2) is 48.7 Å². The summed E-state index contributed by atoms with van der Waals surface area (Å²) in [6.07, 6.45) is 1.71. The summed E-state index contributed by atoms with van der Waals surface area (Å²) in [5.74, 6) is -0.0835. The molecule has 0 bridgehead atoms. The van der Waals surface area contributed by atoms with Crippen LogP contribution in [0.5, 0.6) is 0 Å². The number of aromatic nitrogens is 2. The van der Waals surface area contributed by atoms with Gasteiger partial charge in [-0.3, -0.25) is 9.89 Å². The Morgan fingerprint density at radius 1 is 1.18 bits per heavy atom. The van der Waals surface area contributed by atoms with Crippen molar-refractivity contribution in [2.45, 2.75) is 6.54 Å². The van der Waals surface area contributed by atoms with Gasteiger partial charge in [0.1, 0.15) is 0 Å². The summed E-state index contributed by atoms with van der Waals surface area (Å²) < 4.78 is 0. The molecule has 0 aliphatic rings. The van der Waals surface area contributed by atoms with Crippen LogP contribution in [0.25, 0.3) is 10.9 Å². The predicted octanol–water partition coefficient (Wildman–Crippen LogP) is 2.56. The van der Waals surface area contributed by atoms with E-state index in [4.69, 9.17) is 0 Å². The molecule has 0 spiro atoms. The van der Waals surface area contributed by atoms with Gasteiger partial charge in [0.25, 0.3) is 5.91 Å². The van der Waals surface area contributed by atoms with Gasteiger partial charge in [-0.25, -0.2) is 0 Å². The standard InChI is InChI=1S/C17H18N4O/c1-21(2)15-6-3-12(4-7-15)10-18-17(22)13-5-8-16-14(9-13)11-19-20-16/h3-9,11H,10H2,1-2H3,(H,18,22)(H,19,20). The number of carbonyl (C=O) groups is 1. The molecule has 0 saturated carbocycles. The number of amides is 1. The number of nitrogens with zero attached hydrogens (tertiary/aromatic N) is 2. The SMILES string of the molecule is CN(C)c1ccc(CNC(=O)c2ccc3[nH]ncc3c2)cc1. The maximum Gasteiger partial charge on any atom is 0.251 e. The lowest BCUT2D eigenvalue weighted by Crippen LogP contribution is -2.22. The third-order valence-electron chi connectivity index (χ3n) is 3.61. The number of aromatic amines is 1. The zero-order valence-electron chi connectivity index (χ0n) is 12.6. The molecule has 5 heteroatoms. The van der Waals surface area contributed by atoms with Crippen molar-refractivity contribution in [3.8, 4) is 0 Å². The molecule has 5 nitrogen and oxygen atoms in total. The van der Waals surface area contributed by atoms with E-state index in [9.17, 15) is 4.79 Å². The predicted molar refractivity (Wildman–Crippen MR) is 88.0 cm³/mol. The number of nitrogens with one attached hydrogen (secondary N) is 2. The molecule has 0 saturated heterocycles. The van der Waals surface area contributed by atoms with Gasteiger partial charge in [-0.2, -0.15) is 5.10 Å². The lowest BCUT2D eigenvalue weighted by molar-refractivity contribution is 0.0951. The zero-order chi connectivity index (χ0) is 15.5. The molecule has 22 heavy (non-hydrogen) atoms. The summed E-state index contributed by atoms with van der Waals surface area (Å²) in [5.41, 5.74) is 3.78. The van der Waals surface area contributed by atoms with Gasteiger partial charge in [-0.1, -0.05) is 12.1 Å². The van der Waals surface area contributed by atoms with E-state index in [-0.39, 0.29) is 5.91 Å². The van der Waals surface area contributed by atoms with Crippen LogP contribution in [0.3, 0.4) is 0 Å². The second kappa shape index (κ2) is 5.89. The summed E-state index contributed by atoms with van der Waals surface area (Å²) in [5, 5.41) is 10.7. The van der Waals surface area contributed by atoms with Crippen molar-refractivity contribution >= 4 is 22.5 Å². The van der Waals surface area contributed by atoms with Crippen LogP contribution in [0.2, 0.25) is 0 Å². The van der Waals surface area contributed by atoms with Gasteiger partial charge < -0.3 is 10.2 Å². The molecule has 0 unspecified atom stereocenters. The first-order chi connectivity index (χ1) is 10.6. The van der Waals surface area contributed by atoms with Crippen molar-refractivity contribution in [1.29, 1.82) is 0 Å².